The molecule has 1 aliphatic heterocycles. The van der Waals surface area contributed by atoms with Crippen LogP contribution >= 0.6 is 11.6 Å². The summed E-state index contributed by atoms with van der Waals surface area (Å²) in [5.74, 6) is -1.48. The number of carboxylic acid groups (broad SMARTS) is 1. The van der Waals surface area contributed by atoms with Gasteiger partial charge in [0.1, 0.15) is 0 Å². The Hall–Kier alpha value is -1.59. The molecule has 1 amide bonds. The Labute approximate surface area is 147 Å². The number of rotatable bonds is 7. The van der Waals surface area contributed by atoms with Gasteiger partial charge >= 0.3 is 5.97 Å². The Kier molecular flexibility index (Phi) is 7.06. The van der Waals surface area contributed by atoms with Gasteiger partial charge in [0.15, 0.2) is 0 Å². The maximum absolute atomic E-state index is 12.0. The van der Waals surface area contributed by atoms with Crippen molar-refractivity contribution in [1.82, 2.24) is 5.32 Å². The lowest BCUT2D eigenvalue weighted by Gasteiger charge is -2.27. The summed E-state index contributed by atoms with van der Waals surface area (Å²) in [6, 6.07) is 5.75. The molecule has 1 saturated heterocycles. The van der Waals surface area contributed by atoms with Crippen molar-refractivity contribution in [2.24, 2.45) is 11.8 Å². The molecule has 132 valence electrons. The second-order valence-corrected chi connectivity index (χ2v) is 6.69. The molecule has 1 fully saturated rings. The van der Waals surface area contributed by atoms with E-state index in [1.807, 2.05) is 25.1 Å². The van der Waals surface area contributed by atoms with Crippen LogP contribution < -0.4 is 5.32 Å². The summed E-state index contributed by atoms with van der Waals surface area (Å²) in [4.78, 5) is 23.5. The first-order valence-corrected chi connectivity index (χ1v) is 8.67. The predicted octanol–water partition coefficient (Wildman–Crippen LogP) is 2.82. The zero-order valence-corrected chi connectivity index (χ0v) is 14.6. The van der Waals surface area contributed by atoms with Crippen molar-refractivity contribution in [3.63, 3.8) is 0 Å². The number of carbonyl (C=O) groups excluding carboxylic acids is 1. The molecule has 0 radical (unpaired) electrons. The van der Waals surface area contributed by atoms with Gasteiger partial charge in [-0.25, -0.2) is 0 Å². The van der Waals surface area contributed by atoms with Crippen LogP contribution in [0.1, 0.15) is 30.4 Å². The molecule has 1 aromatic carbocycles. The Morgan fingerprint density at radius 1 is 1.38 bits per heavy atom. The number of halogens is 1. The van der Waals surface area contributed by atoms with E-state index in [4.69, 9.17) is 16.3 Å². The highest BCUT2D eigenvalue weighted by atomic mass is 35.5. The minimum atomic E-state index is -0.854. The molecule has 1 atom stereocenters. The van der Waals surface area contributed by atoms with E-state index in [0.29, 0.717) is 31.1 Å². The molecular weight excluding hydrogens is 330 g/mol. The average Bonchev–Trinajstić information content (AvgIpc) is 2.57. The van der Waals surface area contributed by atoms with E-state index in [1.165, 1.54) is 0 Å². The molecule has 0 bridgehead atoms. The van der Waals surface area contributed by atoms with Crippen molar-refractivity contribution in [2.75, 3.05) is 19.8 Å². The maximum atomic E-state index is 12.0. The van der Waals surface area contributed by atoms with Gasteiger partial charge in [0.25, 0.3) is 0 Å². The van der Waals surface area contributed by atoms with Crippen molar-refractivity contribution in [3.8, 4) is 0 Å². The van der Waals surface area contributed by atoms with Crippen LogP contribution in [0.25, 0.3) is 0 Å². The van der Waals surface area contributed by atoms with E-state index in [0.717, 1.165) is 24.0 Å². The van der Waals surface area contributed by atoms with Gasteiger partial charge in [-0.2, -0.15) is 0 Å². The summed E-state index contributed by atoms with van der Waals surface area (Å²) in [6.07, 6.45) is 2.36. The summed E-state index contributed by atoms with van der Waals surface area (Å²) in [5.41, 5.74) is 2.01. The van der Waals surface area contributed by atoms with Crippen molar-refractivity contribution in [2.45, 2.75) is 32.6 Å². The van der Waals surface area contributed by atoms with Crippen LogP contribution in [-0.2, 0) is 20.7 Å². The lowest BCUT2D eigenvalue weighted by atomic mass is 9.86. The van der Waals surface area contributed by atoms with E-state index in [2.05, 4.69) is 5.32 Å². The molecule has 2 rings (SSSR count). The zero-order valence-electron chi connectivity index (χ0n) is 13.9. The average molecular weight is 354 g/mol. The molecule has 0 aliphatic carbocycles. The highest BCUT2D eigenvalue weighted by molar-refractivity contribution is 6.31. The number of ether oxygens (including phenoxy) is 1. The van der Waals surface area contributed by atoms with E-state index in [9.17, 15) is 14.7 Å². The molecule has 5 nitrogen and oxygen atoms in total. The maximum Gasteiger partial charge on any atom is 0.308 e. The van der Waals surface area contributed by atoms with Gasteiger partial charge < -0.3 is 15.2 Å². The molecule has 1 aromatic rings. The molecule has 2 N–H and O–H groups in total. The van der Waals surface area contributed by atoms with Crippen molar-refractivity contribution >= 4 is 23.5 Å². The fourth-order valence-corrected chi connectivity index (χ4v) is 3.14. The van der Waals surface area contributed by atoms with Crippen LogP contribution in [0.5, 0.6) is 0 Å². The molecular formula is C18H24ClNO4. The number of hydrogen-bond donors (Lipinski definition) is 2. The summed E-state index contributed by atoms with van der Waals surface area (Å²) >= 11 is 6.08. The molecule has 1 aliphatic rings. The predicted molar refractivity (Wildman–Crippen MR) is 92.2 cm³/mol. The molecule has 0 aromatic heterocycles. The van der Waals surface area contributed by atoms with E-state index in [1.54, 1.807) is 0 Å². The van der Waals surface area contributed by atoms with Crippen LogP contribution in [0.15, 0.2) is 18.2 Å². The monoisotopic (exact) mass is 353 g/mol. The van der Waals surface area contributed by atoms with Gasteiger partial charge in [-0.3, -0.25) is 9.59 Å². The summed E-state index contributed by atoms with van der Waals surface area (Å²) < 4.78 is 5.27. The Bertz CT molecular complexity index is 584. The topological polar surface area (TPSA) is 75.6 Å². The largest absolute Gasteiger partial charge is 0.481 e. The van der Waals surface area contributed by atoms with Gasteiger partial charge in [0, 0.05) is 31.2 Å². The second kappa shape index (κ2) is 9.04. The normalized spacial score (nSPS) is 16.6. The number of hydrogen-bond acceptors (Lipinski definition) is 3. The molecule has 0 saturated carbocycles. The summed E-state index contributed by atoms with van der Waals surface area (Å²) in [6.45, 7) is 3.29. The highest BCUT2D eigenvalue weighted by Crippen LogP contribution is 2.24. The number of nitrogens with one attached hydrogen (secondary N) is 1. The molecule has 0 spiro atoms. The summed E-state index contributed by atoms with van der Waals surface area (Å²) in [7, 11) is 0. The Balaban J connectivity index is 1.80. The third-order valence-corrected chi connectivity index (χ3v) is 4.96. The molecule has 24 heavy (non-hydrogen) atoms. The number of benzene rings is 1. The first-order valence-electron chi connectivity index (χ1n) is 8.29. The SMILES string of the molecule is Cc1ccc(CCC(=O)NCC(C(=O)O)C2CCOCC2)cc1Cl. The zero-order chi connectivity index (χ0) is 17.5. The highest BCUT2D eigenvalue weighted by Gasteiger charge is 2.29. The van der Waals surface area contributed by atoms with Crippen LogP contribution in [-0.4, -0.2) is 36.7 Å². The third kappa shape index (κ3) is 5.49. The second-order valence-electron chi connectivity index (χ2n) is 6.28. The van der Waals surface area contributed by atoms with E-state index in [-0.39, 0.29) is 18.4 Å². The number of aryl methyl sites for hydroxylation is 2. The van der Waals surface area contributed by atoms with Gasteiger partial charge in [0.05, 0.1) is 5.92 Å². The van der Waals surface area contributed by atoms with E-state index >= 15 is 0 Å². The molecule has 1 unspecified atom stereocenters. The Morgan fingerprint density at radius 3 is 2.71 bits per heavy atom. The lowest BCUT2D eigenvalue weighted by molar-refractivity contribution is -0.144. The van der Waals surface area contributed by atoms with E-state index < -0.39 is 11.9 Å². The summed E-state index contributed by atoms with van der Waals surface area (Å²) in [5, 5.41) is 12.9. The van der Waals surface area contributed by atoms with Gasteiger partial charge in [-0.1, -0.05) is 23.7 Å². The standard InChI is InChI=1S/C18H24ClNO4/c1-12-2-3-13(10-16(12)19)4-5-17(21)20-11-15(18(22)23)14-6-8-24-9-7-14/h2-3,10,14-15H,4-9,11H2,1H3,(H,20,21)(H,22,23). The van der Waals surface area contributed by atoms with Crippen molar-refractivity contribution in [1.29, 1.82) is 0 Å². The Morgan fingerprint density at radius 2 is 2.08 bits per heavy atom. The fourth-order valence-electron chi connectivity index (χ4n) is 2.94. The fraction of sp³-hybridized carbons (Fsp3) is 0.556. The smallest absolute Gasteiger partial charge is 0.308 e. The number of aliphatic carboxylic acids is 1. The number of carboxylic acids is 1. The number of carbonyl (C=O) groups is 2. The van der Waals surface area contributed by atoms with Crippen molar-refractivity contribution < 1.29 is 19.4 Å². The number of amides is 1. The van der Waals surface area contributed by atoms with Gasteiger partial charge in [0.2, 0.25) is 5.91 Å². The van der Waals surface area contributed by atoms with Crippen LogP contribution in [0, 0.1) is 18.8 Å². The first-order chi connectivity index (χ1) is 11.5. The lowest BCUT2D eigenvalue weighted by Crippen LogP contribution is -2.39. The van der Waals surface area contributed by atoms with Crippen LogP contribution in [0.4, 0.5) is 0 Å². The van der Waals surface area contributed by atoms with Crippen LogP contribution in [0.2, 0.25) is 5.02 Å². The minimum absolute atomic E-state index is 0.0625. The van der Waals surface area contributed by atoms with Gasteiger partial charge in [-0.05, 0) is 49.3 Å². The molecule has 6 heteroatoms. The third-order valence-electron chi connectivity index (χ3n) is 4.55. The quantitative estimate of drug-likeness (QED) is 0.790. The van der Waals surface area contributed by atoms with Crippen LogP contribution in [0.3, 0.4) is 0 Å². The minimum Gasteiger partial charge on any atom is -0.481 e. The first kappa shape index (κ1) is 18.7. The van der Waals surface area contributed by atoms with Gasteiger partial charge in [-0.15, -0.1) is 0 Å². The van der Waals surface area contributed by atoms with Crippen molar-refractivity contribution in [3.05, 3.63) is 34.3 Å². The molecule has 1 heterocycles.